The Labute approximate surface area is 109 Å². The van der Waals surface area contributed by atoms with Crippen LogP contribution in [0.3, 0.4) is 0 Å². The summed E-state index contributed by atoms with van der Waals surface area (Å²) in [4.78, 5) is 8.79. The van der Waals surface area contributed by atoms with Crippen molar-refractivity contribution in [1.82, 2.24) is 9.97 Å². The second-order valence-electron chi connectivity index (χ2n) is 4.41. The lowest BCUT2D eigenvalue weighted by molar-refractivity contribution is 0.628. The molecule has 0 unspecified atom stereocenters. The van der Waals surface area contributed by atoms with Gasteiger partial charge in [0.2, 0.25) is 0 Å². The molecule has 19 heavy (non-hydrogen) atoms. The Morgan fingerprint density at radius 3 is 2.47 bits per heavy atom. The highest BCUT2D eigenvalue weighted by molar-refractivity contribution is 5.92. The molecule has 1 aromatic heterocycles. The van der Waals surface area contributed by atoms with Gasteiger partial charge in [-0.25, -0.2) is 14.4 Å². The monoisotopic (exact) mass is 253 g/mol. The van der Waals surface area contributed by atoms with Crippen molar-refractivity contribution in [2.75, 3.05) is 5.73 Å². The lowest BCUT2D eigenvalue weighted by Crippen LogP contribution is -1.99. The topological polar surface area (TPSA) is 51.8 Å². The number of hydrogen-bond donors (Lipinski definition) is 1. The van der Waals surface area contributed by atoms with E-state index in [0.29, 0.717) is 11.6 Å². The fourth-order valence-corrected chi connectivity index (χ4v) is 2.12. The largest absolute Gasteiger partial charge is 0.383 e. The first-order chi connectivity index (χ1) is 9.15. The molecular weight excluding hydrogens is 241 g/mol. The van der Waals surface area contributed by atoms with E-state index in [2.05, 4.69) is 9.97 Å². The number of halogens is 1. The van der Waals surface area contributed by atoms with Crippen molar-refractivity contribution in [2.24, 2.45) is 0 Å². The number of nitrogens with zero attached hydrogens (tertiary/aromatic N) is 2. The molecule has 3 nitrogen and oxygen atoms in total. The summed E-state index contributed by atoms with van der Waals surface area (Å²) < 4.78 is 12.9. The van der Waals surface area contributed by atoms with Crippen molar-refractivity contribution in [3.05, 3.63) is 53.8 Å². The highest BCUT2D eigenvalue weighted by atomic mass is 19.1. The molecule has 4 heteroatoms. The van der Waals surface area contributed by atoms with Crippen molar-refractivity contribution in [2.45, 2.75) is 6.92 Å². The molecule has 3 rings (SSSR count). The predicted molar refractivity (Wildman–Crippen MR) is 74.1 cm³/mol. The summed E-state index contributed by atoms with van der Waals surface area (Å²) in [7, 11) is 0. The molecule has 2 aromatic carbocycles. The molecule has 1 heterocycles. The number of fused-ring (bicyclic) bond motifs is 1. The first kappa shape index (κ1) is 11.6. The Morgan fingerprint density at radius 2 is 1.74 bits per heavy atom. The van der Waals surface area contributed by atoms with Crippen molar-refractivity contribution in [3.8, 4) is 11.4 Å². The van der Waals surface area contributed by atoms with Crippen molar-refractivity contribution in [1.29, 1.82) is 0 Å². The van der Waals surface area contributed by atoms with Crippen LogP contribution < -0.4 is 5.73 Å². The number of hydrogen-bond acceptors (Lipinski definition) is 3. The smallest absolute Gasteiger partial charge is 0.162 e. The third-order valence-corrected chi connectivity index (χ3v) is 3.06. The standard InChI is InChI=1S/C15H12FN3/c1-9-3-2-4-12-13(9)14(17)19-15(18-12)10-5-7-11(16)8-6-10/h2-8H,1H3,(H2,17,18,19). The van der Waals surface area contributed by atoms with Crippen molar-refractivity contribution in [3.63, 3.8) is 0 Å². The molecule has 0 aliphatic heterocycles. The average Bonchev–Trinajstić information content (AvgIpc) is 2.39. The quantitative estimate of drug-likeness (QED) is 0.723. The predicted octanol–water partition coefficient (Wildman–Crippen LogP) is 3.33. The van der Waals surface area contributed by atoms with E-state index in [-0.39, 0.29) is 5.82 Å². The molecule has 0 fully saturated rings. The van der Waals surface area contributed by atoms with Gasteiger partial charge in [-0.1, -0.05) is 12.1 Å². The van der Waals surface area contributed by atoms with E-state index in [1.165, 1.54) is 12.1 Å². The molecule has 0 spiro atoms. The molecular formula is C15H12FN3. The molecule has 0 bridgehead atoms. The third-order valence-electron chi connectivity index (χ3n) is 3.06. The van der Waals surface area contributed by atoms with E-state index >= 15 is 0 Å². The molecule has 0 saturated carbocycles. The highest BCUT2D eigenvalue weighted by Gasteiger charge is 2.08. The van der Waals surface area contributed by atoms with Crippen LogP contribution in [0.5, 0.6) is 0 Å². The number of anilines is 1. The van der Waals surface area contributed by atoms with E-state index in [1.54, 1.807) is 12.1 Å². The van der Waals surface area contributed by atoms with Crippen LogP contribution >= 0.6 is 0 Å². The van der Waals surface area contributed by atoms with E-state index in [4.69, 9.17) is 5.73 Å². The SMILES string of the molecule is Cc1cccc2nc(-c3ccc(F)cc3)nc(N)c12. The number of nitrogen functional groups attached to an aromatic ring is 1. The minimum Gasteiger partial charge on any atom is -0.383 e. The van der Waals surface area contributed by atoms with E-state index in [1.807, 2.05) is 25.1 Å². The zero-order valence-electron chi connectivity index (χ0n) is 10.4. The fourth-order valence-electron chi connectivity index (χ4n) is 2.12. The minimum absolute atomic E-state index is 0.284. The Balaban J connectivity index is 2.24. The zero-order valence-corrected chi connectivity index (χ0v) is 10.4. The van der Waals surface area contributed by atoms with Gasteiger partial charge in [0, 0.05) is 10.9 Å². The Bertz CT molecular complexity index is 751. The van der Waals surface area contributed by atoms with Gasteiger partial charge >= 0.3 is 0 Å². The molecule has 0 amide bonds. The molecule has 3 aromatic rings. The van der Waals surface area contributed by atoms with Crippen molar-refractivity contribution < 1.29 is 4.39 Å². The molecule has 94 valence electrons. The van der Waals surface area contributed by atoms with Crippen molar-refractivity contribution >= 4 is 16.7 Å². The van der Waals surface area contributed by atoms with Gasteiger partial charge in [-0.15, -0.1) is 0 Å². The maximum Gasteiger partial charge on any atom is 0.162 e. The summed E-state index contributed by atoms with van der Waals surface area (Å²) in [6.45, 7) is 1.97. The fraction of sp³-hybridized carbons (Fsp3) is 0.0667. The number of nitrogens with two attached hydrogens (primary N) is 1. The Kier molecular flexibility index (Phi) is 2.63. The van der Waals surface area contributed by atoms with Gasteiger partial charge in [0.25, 0.3) is 0 Å². The van der Waals surface area contributed by atoms with E-state index in [0.717, 1.165) is 22.0 Å². The van der Waals surface area contributed by atoms with Gasteiger partial charge in [0.15, 0.2) is 5.82 Å². The minimum atomic E-state index is -0.284. The molecule has 0 saturated heterocycles. The normalized spacial score (nSPS) is 10.8. The maximum absolute atomic E-state index is 12.9. The summed E-state index contributed by atoms with van der Waals surface area (Å²) in [5.74, 6) is 0.673. The Hall–Kier alpha value is -2.49. The first-order valence-electron chi connectivity index (χ1n) is 5.94. The van der Waals surface area contributed by atoms with Crippen LogP contribution in [-0.2, 0) is 0 Å². The molecule has 0 aliphatic carbocycles. The average molecular weight is 253 g/mol. The highest BCUT2D eigenvalue weighted by Crippen LogP contribution is 2.25. The van der Waals surface area contributed by atoms with Gasteiger partial charge < -0.3 is 5.73 Å². The van der Waals surface area contributed by atoms with Gasteiger partial charge in [0.05, 0.1) is 5.52 Å². The summed E-state index contributed by atoms with van der Waals surface area (Å²) in [6, 6.07) is 11.9. The van der Waals surface area contributed by atoms with Crippen LogP contribution in [0.2, 0.25) is 0 Å². The van der Waals surface area contributed by atoms with Gasteiger partial charge in [-0.3, -0.25) is 0 Å². The van der Waals surface area contributed by atoms with Gasteiger partial charge in [-0.05, 0) is 42.8 Å². The third kappa shape index (κ3) is 2.01. The zero-order chi connectivity index (χ0) is 13.4. The van der Waals surface area contributed by atoms with Crippen LogP contribution in [0.1, 0.15) is 5.56 Å². The van der Waals surface area contributed by atoms with Gasteiger partial charge in [0.1, 0.15) is 11.6 Å². The summed E-state index contributed by atoms with van der Waals surface area (Å²) >= 11 is 0. The molecule has 0 aliphatic rings. The van der Waals surface area contributed by atoms with Crippen LogP contribution in [0, 0.1) is 12.7 Å². The Morgan fingerprint density at radius 1 is 1.00 bits per heavy atom. The van der Waals surface area contributed by atoms with Crippen LogP contribution in [0.25, 0.3) is 22.3 Å². The molecule has 0 radical (unpaired) electrons. The summed E-state index contributed by atoms with van der Waals surface area (Å²) in [5, 5.41) is 0.869. The van der Waals surface area contributed by atoms with E-state index in [9.17, 15) is 4.39 Å². The second-order valence-corrected chi connectivity index (χ2v) is 4.41. The lowest BCUT2D eigenvalue weighted by atomic mass is 10.1. The van der Waals surface area contributed by atoms with E-state index < -0.39 is 0 Å². The summed E-state index contributed by atoms with van der Waals surface area (Å²) in [5.41, 5.74) is 8.59. The van der Waals surface area contributed by atoms with Gasteiger partial charge in [-0.2, -0.15) is 0 Å². The maximum atomic E-state index is 12.9. The molecule has 2 N–H and O–H groups in total. The summed E-state index contributed by atoms with van der Waals surface area (Å²) in [6.07, 6.45) is 0. The number of aromatic nitrogens is 2. The first-order valence-corrected chi connectivity index (χ1v) is 5.94. The number of benzene rings is 2. The van der Waals surface area contributed by atoms with Crippen LogP contribution in [0.4, 0.5) is 10.2 Å². The van der Waals surface area contributed by atoms with Crippen LogP contribution in [-0.4, -0.2) is 9.97 Å². The number of rotatable bonds is 1. The second kappa shape index (κ2) is 4.31. The molecule has 0 atom stereocenters. The lowest BCUT2D eigenvalue weighted by Gasteiger charge is -2.07. The number of aryl methyl sites for hydroxylation is 1. The van der Waals surface area contributed by atoms with Crippen LogP contribution in [0.15, 0.2) is 42.5 Å².